The van der Waals surface area contributed by atoms with Crippen LogP contribution >= 0.6 is 0 Å². The lowest BCUT2D eigenvalue weighted by molar-refractivity contribution is -0.122. The fourth-order valence-corrected chi connectivity index (χ4v) is 2.50. The van der Waals surface area contributed by atoms with Crippen LogP contribution in [-0.4, -0.2) is 54.7 Å². The summed E-state index contributed by atoms with van der Waals surface area (Å²) in [5.41, 5.74) is 0.876. The zero-order chi connectivity index (χ0) is 15.2. The molecule has 2 rings (SSSR count). The van der Waals surface area contributed by atoms with Crippen LogP contribution in [0.3, 0.4) is 0 Å². The number of benzene rings is 1. The van der Waals surface area contributed by atoms with Gasteiger partial charge in [0.15, 0.2) is 0 Å². The van der Waals surface area contributed by atoms with Crippen molar-refractivity contribution in [1.82, 2.24) is 10.2 Å². The molecule has 0 radical (unpaired) electrons. The van der Waals surface area contributed by atoms with Crippen molar-refractivity contribution in [2.24, 2.45) is 0 Å². The molecule has 2 N–H and O–H groups in total. The standard InChI is InChI=1S/C16H25N3O2/c1-3-13(2)17-16(21)12-18-8-10-19(11-9-18)14-6-4-5-7-15(14)20/h4-7,13,20H,3,8-12H2,1-2H3,(H,17,21)/t13-/m0/s1. The van der Waals surface area contributed by atoms with Gasteiger partial charge in [-0.2, -0.15) is 0 Å². The summed E-state index contributed by atoms with van der Waals surface area (Å²) in [6, 6.07) is 7.64. The van der Waals surface area contributed by atoms with E-state index in [0.717, 1.165) is 38.3 Å². The van der Waals surface area contributed by atoms with Crippen molar-refractivity contribution in [3.8, 4) is 5.75 Å². The molecule has 1 aromatic carbocycles. The fourth-order valence-electron chi connectivity index (χ4n) is 2.50. The summed E-state index contributed by atoms with van der Waals surface area (Å²) in [6.45, 7) is 7.87. The molecule has 1 atom stereocenters. The Balaban J connectivity index is 1.81. The third-order valence-electron chi connectivity index (χ3n) is 3.98. The zero-order valence-electron chi connectivity index (χ0n) is 12.9. The highest BCUT2D eigenvalue weighted by molar-refractivity contribution is 5.78. The minimum atomic E-state index is 0.0976. The summed E-state index contributed by atoms with van der Waals surface area (Å²) in [5, 5.41) is 12.9. The van der Waals surface area contributed by atoms with Crippen LogP contribution in [-0.2, 0) is 4.79 Å². The number of nitrogens with one attached hydrogen (secondary N) is 1. The molecule has 116 valence electrons. The highest BCUT2D eigenvalue weighted by Gasteiger charge is 2.20. The number of anilines is 1. The number of para-hydroxylation sites is 2. The second-order valence-electron chi connectivity index (χ2n) is 5.63. The van der Waals surface area contributed by atoms with Gasteiger partial charge in [0, 0.05) is 32.2 Å². The Hall–Kier alpha value is -1.75. The molecule has 1 heterocycles. The number of piperazine rings is 1. The van der Waals surface area contributed by atoms with Crippen LogP contribution < -0.4 is 10.2 Å². The second-order valence-corrected chi connectivity index (χ2v) is 5.63. The molecular weight excluding hydrogens is 266 g/mol. The summed E-state index contributed by atoms with van der Waals surface area (Å²) >= 11 is 0. The molecule has 21 heavy (non-hydrogen) atoms. The Morgan fingerprint density at radius 1 is 1.29 bits per heavy atom. The molecule has 1 aliphatic heterocycles. The first kappa shape index (κ1) is 15.6. The van der Waals surface area contributed by atoms with E-state index in [1.165, 1.54) is 0 Å². The maximum Gasteiger partial charge on any atom is 0.234 e. The van der Waals surface area contributed by atoms with Gasteiger partial charge in [0.25, 0.3) is 0 Å². The molecule has 5 nitrogen and oxygen atoms in total. The van der Waals surface area contributed by atoms with Gasteiger partial charge in [-0.3, -0.25) is 9.69 Å². The molecule has 1 saturated heterocycles. The Kier molecular flexibility index (Phi) is 5.44. The Bertz CT molecular complexity index is 470. The van der Waals surface area contributed by atoms with Gasteiger partial charge in [-0.15, -0.1) is 0 Å². The van der Waals surface area contributed by atoms with E-state index in [1.54, 1.807) is 6.07 Å². The summed E-state index contributed by atoms with van der Waals surface area (Å²) in [6.07, 6.45) is 0.951. The molecule has 1 fully saturated rings. The van der Waals surface area contributed by atoms with Crippen LogP contribution in [0.25, 0.3) is 0 Å². The molecule has 0 unspecified atom stereocenters. The molecular formula is C16H25N3O2. The summed E-state index contributed by atoms with van der Waals surface area (Å²) < 4.78 is 0. The number of nitrogens with zero attached hydrogens (tertiary/aromatic N) is 2. The molecule has 0 bridgehead atoms. The molecule has 5 heteroatoms. The van der Waals surface area contributed by atoms with E-state index in [9.17, 15) is 9.90 Å². The molecule has 1 aromatic rings. The van der Waals surface area contributed by atoms with Crippen LogP contribution in [0.2, 0.25) is 0 Å². The van der Waals surface area contributed by atoms with E-state index in [4.69, 9.17) is 0 Å². The number of rotatable bonds is 5. The highest BCUT2D eigenvalue weighted by atomic mass is 16.3. The van der Waals surface area contributed by atoms with Gasteiger partial charge < -0.3 is 15.3 Å². The van der Waals surface area contributed by atoms with Gasteiger partial charge in [0.2, 0.25) is 5.91 Å². The number of phenolic OH excluding ortho intramolecular Hbond substituents is 1. The largest absolute Gasteiger partial charge is 0.506 e. The van der Waals surface area contributed by atoms with Crippen molar-refractivity contribution in [3.63, 3.8) is 0 Å². The fraction of sp³-hybridized carbons (Fsp3) is 0.562. The predicted molar refractivity (Wildman–Crippen MR) is 84.7 cm³/mol. The summed E-state index contributed by atoms with van der Waals surface area (Å²) in [4.78, 5) is 16.2. The smallest absolute Gasteiger partial charge is 0.234 e. The van der Waals surface area contributed by atoms with Gasteiger partial charge >= 0.3 is 0 Å². The van der Waals surface area contributed by atoms with Crippen molar-refractivity contribution in [2.45, 2.75) is 26.3 Å². The average molecular weight is 291 g/mol. The van der Waals surface area contributed by atoms with E-state index < -0.39 is 0 Å². The molecule has 1 aliphatic rings. The van der Waals surface area contributed by atoms with Gasteiger partial charge in [0.1, 0.15) is 5.75 Å². The molecule has 0 aliphatic carbocycles. The maximum absolute atomic E-state index is 11.9. The number of phenols is 1. The Labute approximate surface area is 126 Å². The molecule has 1 amide bonds. The zero-order valence-corrected chi connectivity index (χ0v) is 12.9. The Morgan fingerprint density at radius 2 is 1.95 bits per heavy atom. The van der Waals surface area contributed by atoms with Gasteiger partial charge in [0.05, 0.1) is 12.2 Å². The van der Waals surface area contributed by atoms with Gasteiger partial charge in [-0.1, -0.05) is 19.1 Å². The van der Waals surface area contributed by atoms with E-state index in [1.807, 2.05) is 25.1 Å². The lowest BCUT2D eigenvalue weighted by atomic mass is 10.2. The summed E-state index contributed by atoms with van der Waals surface area (Å²) in [7, 11) is 0. The molecule has 0 spiro atoms. The first-order valence-corrected chi connectivity index (χ1v) is 7.64. The van der Waals surface area contributed by atoms with Crippen LogP contribution in [0, 0.1) is 0 Å². The minimum Gasteiger partial charge on any atom is -0.506 e. The lowest BCUT2D eigenvalue weighted by Gasteiger charge is -2.36. The van der Waals surface area contributed by atoms with Crippen molar-refractivity contribution in [1.29, 1.82) is 0 Å². The number of amides is 1. The SMILES string of the molecule is CC[C@H](C)NC(=O)CN1CCN(c2ccccc2O)CC1. The van der Waals surface area contributed by atoms with E-state index in [-0.39, 0.29) is 11.9 Å². The number of hydrogen-bond donors (Lipinski definition) is 2. The monoisotopic (exact) mass is 291 g/mol. The van der Waals surface area contributed by atoms with Crippen molar-refractivity contribution < 1.29 is 9.90 Å². The quantitative estimate of drug-likeness (QED) is 0.862. The first-order chi connectivity index (χ1) is 10.1. The third-order valence-corrected chi connectivity index (χ3v) is 3.98. The molecule has 0 aromatic heterocycles. The van der Waals surface area contributed by atoms with Crippen LogP contribution in [0.5, 0.6) is 5.75 Å². The average Bonchev–Trinajstić information content (AvgIpc) is 2.48. The van der Waals surface area contributed by atoms with Gasteiger partial charge in [-0.05, 0) is 25.5 Å². The number of hydrogen-bond acceptors (Lipinski definition) is 4. The first-order valence-electron chi connectivity index (χ1n) is 7.64. The van der Waals surface area contributed by atoms with E-state index in [2.05, 4.69) is 22.0 Å². The van der Waals surface area contributed by atoms with E-state index in [0.29, 0.717) is 12.3 Å². The lowest BCUT2D eigenvalue weighted by Crippen LogP contribution is -2.50. The maximum atomic E-state index is 11.9. The highest BCUT2D eigenvalue weighted by Crippen LogP contribution is 2.27. The predicted octanol–water partition coefficient (Wildman–Crippen LogP) is 1.43. The second kappa shape index (κ2) is 7.31. The summed E-state index contributed by atoms with van der Waals surface area (Å²) in [5.74, 6) is 0.417. The van der Waals surface area contributed by atoms with Crippen molar-refractivity contribution >= 4 is 11.6 Å². The van der Waals surface area contributed by atoms with E-state index >= 15 is 0 Å². The van der Waals surface area contributed by atoms with Crippen molar-refractivity contribution in [3.05, 3.63) is 24.3 Å². The molecule has 0 saturated carbocycles. The number of aromatic hydroxyl groups is 1. The van der Waals surface area contributed by atoms with Crippen LogP contribution in [0.15, 0.2) is 24.3 Å². The number of carbonyl (C=O) groups is 1. The van der Waals surface area contributed by atoms with Crippen LogP contribution in [0.1, 0.15) is 20.3 Å². The van der Waals surface area contributed by atoms with Crippen LogP contribution in [0.4, 0.5) is 5.69 Å². The van der Waals surface area contributed by atoms with Gasteiger partial charge in [-0.25, -0.2) is 0 Å². The Morgan fingerprint density at radius 3 is 2.57 bits per heavy atom. The van der Waals surface area contributed by atoms with Crippen molar-refractivity contribution in [2.75, 3.05) is 37.6 Å². The topological polar surface area (TPSA) is 55.8 Å². The third kappa shape index (κ3) is 4.36. The number of carbonyl (C=O) groups excluding carboxylic acids is 1. The minimum absolute atomic E-state index is 0.0976. The normalized spacial score (nSPS) is 17.5.